The molecule has 0 spiro atoms. The Bertz CT molecular complexity index is 653. The van der Waals surface area contributed by atoms with E-state index in [1.165, 1.54) is 0 Å². The highest BCUT2D eigenvalue weighted by atomic mass is 16.2. The first-order valence-corrected chi connectivity index (χ1v) is 7.23. The second-order valence-corrected chi connectivity index (χ2v) is 5.32. The fourth-order valence-electron chi connectivity index (χ4n) is 2.31. The summed E-state index contributed by atoms with van der Waals surface area (Å²) < 4.78 is 0. The summed E-state index contributed by atoms with van der Waals surface area (Å²) in [6, 6.07) is 16.5. The zero-order valence-electron chi connectivity index (χ0n) is 12.6. The van der Waals surface area contributed by atoms with Crippen LogP contribution in [0.1, 0.15) is 16.7 Å². The van der Waals surface area contributed by atoms with Gasteiger partial charge in [0.15, 0.2) is 0 Å². The van der Waals surface area contributed by atoms with Crippen LogP contribution in [-0.2, 0) is 22.4 Å². The van der Waals surface area contributed by atoms with Gasteiger partial charge in [0.1, 0.15) is 6.04 Å². The number of hydrogen-bond donors (Lipinski definition) is 2. The summed E-state index contributed by atoms with van der Waals surface area (Å²) in [4.78, 5) is 23.7. The molecular weight excluding hydrogens is 276 g/mol. The Morgan fingerprint density at radius 1 is 1.05 bits per heavy atom. The van der Waals surface area contributed by atoms with Crippen LogP contribution in [-0.4, -0.2) is 17.9 Å². The van der Waals surface area contributed by atoms with Crippen LogP contribution in [0.2, 0.25) is 0 Å². The number of hydrogen-bond acceptors (Lipinski definition) is 2. The largest absolute Gasteiger partial charge is 0.368 e. The molecule has 3 N–H and O–H groups in total. The highest BCUT2D eigenvalue weighted by molar-refractivity contribution is 5.87. The van der Waals surface area contributed by atoms with E-state index < -0.39 is 11.9 Å². The molecule has 114 valence electrons. The number of nitrogens with one attached hydrogen (secondary N) is 1. The minimum Gasteiger partial charge on any atom is -0.368 e. The Labute approximate surface area is 130 Å². The lowest BCUT2D eigenvalue weighted by Gasteiger charge is -2.17. The summed E-state index contributed by atoms with van der Waals surface area (Å²) in [5, 5.41) is 2.73. The van der Waals surface area contributed by atoms with Gasteiger partial charge in [-0.15, -0.1) is 0 Å². The van der Waals surface area contributed by atoms with Crippen molar-refractivity contribution in [2.45, 2.75) is 25.8 Å². The molecule has 22 heavy (non-hydrogen) atoms. The first-order valence-electron chi connectivity index (χ1n) is 7.23. The molecular formula is C18H20N2O2. The number of carbonyl (C=O) groups is 2. The lowest BCUT2D eigenvalue weighted by Crippen LogP contribution is -2.46. The second-order valence-electron chi connectivity index (χ2n) is 5.32. The molecule has 0 aliphatic heterocycles. The Morgan fingerprint density at radius 3 is 2.32 bits per heavy atom. The summed E-state index contributed by atoms with van der Waals surface area (Å²) in [7, 11) is 0. The van der Waals surface area contributed by atoms with Gasteiger partial charge in [0.25, 0.3) is 0 Å². The number of benzene rings is 2. The maximum atomic E-state index is 12.1. The van der Waals surface area contributed by atoms with E-state index >= 15 is 0 Å². The van der Waals surface area contributed by atoms with E-state index in [-0.39, 0.29) is 12.3 Å². The van der Waals surface area contributed by atoms with Crippen molar-refractivity contribution in [2.24, 2.45) is 5.73 Å². The number of rotatable bonds is 6. The molecule has 2 aromatic carbocycles. The fraction of sp³-hybridized carbons (Fsp3) is 0.222. The third-order valence-electron chi connectivity index (χ3n) is 3.57. The van der Waals surface area contributed by atoms with Crippen LogP contribution in [0.15, 0.2) is 54.6 Å². The molecule has 2 rings (SSSR count). The highest BCUT2D eigenvalue weighted by Crippen LogP contribution is 2.10. The van der Waals surface area contributed by atoms with Crippen LogP contribution < -0.4 is 11.1 Å². The molecule has 0 bridgehead atoms. The van der Waals surface area contributed by atoms with Gasteiger partial charge >= 0.3 is 0 Å². The zero-order chi connectivity index (χ0) is 15.9. The number of primary amides is 1. The van der Waals surface area contributed by atoms with Gasteiger partial charge in [-0.05, 0) is 23.6 Å². The predicted molar refractivity (Wildman–Crippen MR) is 86.2 cm³/mol. The van der Waals surface area contributed by atoms with Crippen LogP contribution in [0.25, 0.3) is 0 Å². The number of carbonyl (C=O) groups excluding carboxylic acids is 2. The summed E-state index contributed by atoms with van der Waals surface area (Å²) in [6.07, 6.45) is 0.640. The number of aryl methyl sites for hydroxylation is 1. The summed E-state index contributed by atoms with van der Waals surface area (Å²) in [6.45, 7) is 1.97. The smallest absolute Gasteiger partial charge is 0.240 e. The zero-order valence-corrected chi connectivity index (χ0v) is 12.6. The SMILES string of the molecule is Cc1ccccc1C[C@@H](NC(=O)Cc1ccccc1)C(N)=O. The summed E-state index contributed by atoms with van der Waals surface area (Å²) in [5.74, 6) is -0.728. The van der Waals surface area contributed by atoms with Crippen molar-refractivity contribution in [1.29, 1.82) is 0 Å². The number of nitrogens with two attached hydrogens (primary N) is 1. The molecule has 0 saturated carbocycles. The maximum Gasteiger partial charge on any atom is 0.240 e. The highest BCUT2D eigenvalue weighted by Gasteiger charge is 2.19. The van der Waals surface area contributed by atoms with Crippen LogP contribution in [0.4, 0.5) is 0 Å². The molecule has 0 saturated heterocycles. The monoisotopic (exact) mass is 296 g/mol. The van der Waals surface area contributed by atoms with Crippen molar-refractivity contribution >= 4 is 11.8 Å². The van der Waals surface area contributed by atoms with E-state index in [9.17, 15) is 9.59 Å². The minimum absolute atomic E-state index is 0.205. The van der Waals surface area contributed by atoms with Crippen LogP contribution in [0.3, 0.4) is 0 Å². The van der Waals surface area contributed by atoms with Crippen molar-refractivity contribution in [2.75, 3.05) is 0 Å². The van der Waals surface area contributed by atoms with Crippen molar-refractivity contribution in [3.05, 3.63) is 71.3 Å². The van der Waals surface area contributed by atoms with Gasteiger partial charge in [0, 0.05) is 6.42 Å². The fourth-order valence-corrected chi connectivity index (χ4v) is 2.31. The first kappa shape index (κ1) is 15.8. The van der Waals surface area contributed by atoms with Crippen molar-refractivity contribution in [3.63, 3.8) is 0 Å². The standard InChI is InChI=1S/C18H20N2O2/c1-13-7-5-6-10-15(13)12-16(18(19)22)20-17(21)11-14-8-3-2-4-9-14/h2-10,16H,11-12H2,1H3,(H2,19,22)(H,20,21)/t16-/m1/s1. The molecule has 4 heteroatoms. The molecule has 2 amide bonds. The van der Waals surface area contributed by atoms with Crippen LogP contribution >= 0.6 is 0 Å². The Morgan fingerprint density at radius 2 is 1.68 bits per heavy atom. The Balaban J connectivity index is 2.01. The Kier molecular flexibility index (Phi) is 5.31. The second kappa shape index (κ2) is 7.41. The van der Waals surface area contributed by atoms with Gasteiger partial charge in [0.2, 0.25) is 11.8 Å². The average Bonchev–Trinajstić information content (AvgIpc) is 2.49. The lowest BCUT2D eigenvalue weighted by atomic mass is 10.0. The van der Waals surface area contributed by atoms with Crippen LogP contribution in [0, 0.1) is 6.92 Å². The number of amides is 2. The predicted octanol–water partition coefficient (Wildman–Crippen LogP) is 1.75. The van der Waals surface area contributed by atoms with Crippen LogP contribution in [0.5, 0.6) is 0 Å². The maximum absolute atomic E-state index is 12.1. The van der Waals surface area contributed by atoms with Crippen molar-refractivity contribution < 1.29 is 9.59 Å². The lowest BCUT2D eigenvalue weighted by molar-refractivity contribution is -0.127. The van der Waals surface area contributed by atoms with Gasteiger partial charge < -0.3 is 11.1 Å². The molecule has 2 aromatic rings. The molecule has 0 aromatic heterocycles. The summed E-state index contributed by atoms with van der Waals surface area (Å²) >= 11 is 0. The molecule has 0 heterocycles. The minimum atomic E-state index is -0.697. The van der Waals surface area contributed by atoms with E-state index in [1.807, 2.05) is 61.5 Å². The molecule has 0 unspecified atom stereocenters. The van der Waals surface area contributed by atoms with E-state index in [2.05, 4.69) is 5.32 Å². The molecule has 1 atom stereocenters. The topological polar surface area (TPSA) is 72.2 Å². The molecule has 4 nitrogen and oxygen atoms in total. The van der Waals surface area contributed by atoms with Gasteiger partial charge in [-0.1, -0.05) is 54.6 Å². The van der Waals surface area contributed by atoms with Gasteiger partial charge in [0.05, 0.1) is 6.42 Å². The molecule has 0 aliphatic rings. The van der Waals surface area contributed by atoms with Crippen molar-refractivity contribution in [1.82, 2.24) is 5.32 Å². The molecule has 0 fully saturated rings. The average molecular weight is 296 g/mol. The van der Waals surface area contributed by atoms with Crippen molar-refractivity contribution in [3.8, 4) is 0 Å². The van der Waals surface area contributed by atoms with Gasteiger partial charge in [-0.2, -0.15) is 0 Å². The Hall–Kier alpha value is -2.62. The van der Waals surface area contributed by atoms with E-state index in [1.54, 1.807) is 0 Å². The molecule has 0 aliphatic carbocycles. The van der Waals surface area contributed by atoms with Gasteiger partial charge in [-0.25, -0.2) is 0 Å². The van der Waals surface area contributed by atoms with E-state index in [0.717, 1.165) is 16.7 Å². The first-order chi connectivity index (χ1) is 10.6. The quantitative estimate of drug-likeness (QED) is 0.852. The van der Waals surface area contributed by atoms with E-state index in [0.29, 0.717) is 6.42 Å². The third-order valence-corrected chi connectivity index (χ3v) is 3.57. The summed E-state index contributed by atoms with van der Waals surface area (Å²) in [5.41, 5.74) is 8.41. The molecule has 0 radical (unpaired) electrons. The normalized spacial score (nSPS) is 11.7. The third kappa shape index (κ3) is 4.45. The van der Waals surface area contributed by atoms with E-state index in [4.69, 9.17) is 5.73 Å². The van der Waals surface area contributed by atoms with Gasteiger partial charge in [-0.3, -0.25) is 9.59 Å².